The summed E-state index contributed by atoms with van der Waals surface area (Å²) in [7, 11) is 0. The Hall–Kier alpha value is -3.05. The summed E-state index contributed by atoms with van der Waals surface area (Å²) in [4.78, 5) is 41.1. The van der Waals surface area contributed by atoms with Gasteiger partial charge in [0.1, 0.15) is 17.7 Å². The third-order valence-corrected chi connectivity index (χ3v) is 6.38. The molecule has 0 bridgehead atoms. The number of aliphatic hydroxyl groups is 1. The van der Waals surface area contributed by atoms with E-state index in [0.29, 0.717) is 6.42 Å². The minimum absolute atomic E-state index is 0.0108. The molecule has 2 rings (SSSR count). The summed E-state index contributed by atoms with van der Waals surface area (Å²) in [6, 6.07) is 5.18. The minimum atomic E-state index is -0.929. The molecule has 1 aromatic carbocycles. The molecule has 3 amide bonds. The normalized spacial score (nSPS) is 19.7. The second-order valence-electron chi connectivity index (χ2n) is 11.2. The van der Waals surface area contributed by atoms with Crippen LogP contribution in [0.5, 0.6) is 0 Å². The molecular formula is C28H41N3O5. The number of hydrogen-bond donors (Lipinski definition) is 3. The van der Waals surface area contributed by atoms with Gasteiger partial charge in [-0.25, -0.2) is 4.79 Å². The number of hydrogen-bond acceptors (Lipinski definition) is 5. The zero-order chi connectivity index (χ0) is 27.3. The molecule has 8 nitrogen and oxygen atoms in total. The van der Waals surface area contributed by atoms with Crippen molar-refractivity contribution in [2.45, 2.75) is 97.6 Å². The highest BCUT2D eigenvalue weighted by Gasteiger charge is 2.46. The first-order valence-electron chi connectivity index (χ1n) is 12.5. The van der Waals surface area contributed by atoms with Crippen LogP contribution in [-0.4, -0.2) is 58.2 Å². The molecule has 0 aromatic heterocycles. The number of rotatable bonds is 8. The van der Waals surface area contributed by atoms with Gasteiger partial charge in [0.15, 0.2) is 0 Å². The lowest BCUT2D eigenvalue weighted by Gasteiger charge is -2.38. The van der Waals surface area contributed by atoms with Crippen molar-refractivity contribution in [2.24, 2.45) is 5.41 Å². The Kier molecular flexibility index (Phi) is 9.56. The van der Waals surface area contributed by atoms with Gasteiger partial charge in [-0.3, -0.25) is 9.59 Å². The lowest BCUT2D eigenvalue weighted by atomic mass is 9.79. The Balaban J connectivity index is 2.24. The molecule has 198 valence electrons. The van der Waals surface area contributed by atoms with E-state index in [9.17, 15) is 19.5 Å². The maximum atomic E-state index is 13.8. The average Bonchev–Trinajstić information content (AvgIpc) is 3.17. The molecule has 36 heavy (non-hydrogen) atoms. The molecule has 8 heteroatoms. The Labute approximate surface area is 215 Å². The third kappa shape index (κ3) is 7.72. The van der Waals surface area contributed by atoms with Gasteiger partial charge in [-0.1, -0.05) is 45.2 Å². The number of alkyl carbamates (subject to hydrolysis) is 1. The Morgan fingerprint density at radius 3 is 2.31 bits per heavy atom. The number of β-amino-alcohol motifs (C(OH)–C–C–N with tert-alkyl or cyclic N) is 1. The number of carbonyl (C=O) groups is 3. The van der Waals surface area contributed by atoms with Gasteiger partial charge in [0, 0.05) is 18.5 Å². The van der Waals surface area contributed by atoms with E-state index < -0.39 is 41.2 Å². The van der Waals surface area contributed by atoms with Crippen LogP contribution in [0.1, 0.15) is 84.9 Å². The van der Waals surface area contributed by atoms with Gasteiger partial charge in [-0.2, -0.15) is 0 Å². The highest BCUT2D eigenvalue weighted by Crippen LogP contribution is 2.31. The van der Waals surface area contributed by atoms with Crippen molar-refractivity contribution < 1.29 is 24.2 Å². The van der Waals surface area contributed by atoms with E-state index in [-0.39, 0.29) is 24.9 Å². The summed E-state index contributed by atoms with van der Waals surface area (Å²) in [5.41, 5.74) is 0.273. The van der Waals surface area contributed by atoms with Gasteiger partial charge in [-0.15, -0.1) is 6.42 Å². The first kappa shape index (κ1) is 29.2. The summed E-state index contributed by atoms with van der Waals surface area (Å²) >= 11 is 0. The van der Waals surface area contributed by atoms with E-state index in [1.165, 1.54) is 4.90 Å². The van der Waals surface area contributed by atoms with E-state index in [4.69, 9.17) is 11.2 Å². The van der Waals surface area contributed by atoms with Crippen LogP contribution in [-0.2, 0) is 14.3 Å². The molecule has 1 heterocycles. The van der Waals surface area contributed by atoms with Crippen molar-refractivity contribution in [1.29, 1.82) is 0 Å². The van der Waals surface area contributed by atoms with Gasteiger partial charge in [-0.05, 0) is 57.2 Å². The summed E-state index contributed by atoms with van der Waals surface area (Å²) in [5, 5.41) is 16.1. The van der Waals surface area contributed by atoms with Crippen LogP contribution in [0, 0.1) is 17.8 Å². The quantitative estimate of drug-likeness (QED) is 0.474. The lowest BCUT2D eigenvalue weighted by Crippen LogP contribution is -2.58. The SMILES string of the molecule is C#Cc1ccc([C@H](C)NC(=O)[C@@H]2C[C@@H](O)CN2C(=O)C(NC(=O)OC(C)(C)C)C(C)(C)CCC)cc1. The molecular weight excluding hydrogens is 458 g/mol. The summed E-state index contributed by atoms with van der Waals surface area (Å²) in [6.07, 6.45) is 5.46. The number of benzene rings is 1. The fourth-order valence-corrected chi connectivity index (χ4v) is 4.54. The smallest absolute Gasteiger partial charge is 0.408 e. The van der Waals surface area contributed by atoms with Crippen molar-refractivity contribution in [3.8, 4) is 12.3 Å². The van der Waals surface area contributed by atoms with Crippen LogP contribution in [0.3, 0.4) is 0 Å². The van der Waals surface area contributed by atoms with Gasteiger partial charge in [0.25, 0.3) is 0 Å². The number of aliphatic hydroxyl groups excluding tert-OH is 1. The molecule has 1 aromatic rings. The highest BCUT2D eigenvalue weighted by molar-refractivity contribution is 5.92. The Bertz CT molecular complexity index is 974. The van der Waals surface area contributed by atoms with E-state index in [2.05, 4.69) is 16.6 Å². The van der Waals surface area contributed by atoms with E-state index >= 15 is 0 Å². The highest BCUT2D eigenvalue weighted by atomic mass is 16.6. The summed E-state index contributed by atoms with van der Waals surface area (Å²) in [6.45, 7) is 12.9. The zero-order valence-corrected chi connectivity index (χ0v) is 22.6. The predicted molar refractivity (Wildman–Crippen MR) is 139 cm³/mol. The maximum Gasteiger partial charge on any atom is 0.408 e. The number of terminal acetylenes is 1. The molecule has 0 radical (unpaired) electrons. The van der Waals surface area contributed by atoms with Gasteiger partial charge < -0.3 is 25.4 Å². The van der Waals surface area contributed by atoms with Crippen LogP contribution >= 0.6 is 0 Å². The maximum absolute atomic E-state index is 13.8. The van der Waals surface area contributed by atoms with Crippen molar-refractivity contribution in [1.82, 2.24) is 15.5 Å². The second-order valence-corrected chi connectivity index (χ2v) is 11.2. The third-order valence-electron chi connectivity index (χ3n) is 6.38. The summed E-state index contributed by atoms with van der Waals surface area (Å²) in [5.74, 6) is 1.78. The molecule has 0 saturated carbocycles. The molecule has 0 aliphatic carbocycles. The molecule has 4 atom stereocenters. The molecule has 1 saturated heterocycles. The largest absolute Gasteiger partial charge is 0.444 e. The number of amides is 3. The van der Waals surface area contributed by atoms with Crippen LogP contribution in [0.15, 0.2) is 24.3 Å². The zero-order valence-electron chi connectivity index (χ0n) is 22.6. The van der Waals surface area contributed by atoms with Crippen LogP contribution in [0.25, 0.3) is 0 Å². The second kappa shape index (κ2) is 11.8. The van der Waals surface area contributed by atoms with Crippen LogP contribution in [0.2, 0.25) is 0 Å². The first-order chi connectivity index (χ1) is 16.7. The summed E-state index contributed by atoms with van der Waals surface area (Å²) < 4.78 is 5.41. The first-order valence-corrected chi connectivity index (χ1v) is 12.5. The van der Waals surface area contributed by atoms with Gasteiger partial charge >= 0.3 is 6.09 Å². The standard InChI is InChI=1S/C28H41N3O5/c1-9-15-28(7,8)23(30-26(35)36-27(4,5)6)25(34)31-17-21(32)16-22(31)24(33)29-18(3)20-13-11-19(10-2)12-14-20/h2,11-14,18,21-23,32H,9,15-17H2,1,3-8H3,(H,29,33)(H,30,35)/t18-,21+,22-,23?/m0/s1. The Morgan fingerprint density at radius 2 is 1.78 bits per heavy atom. The molecule has 3 N–H and O–H groups in total. The minimum Gasteiger partial charge on any atom is -0.444 e. The molecule has 1 fully saturated rings. The predicted octanol–water partition coefficient (Wildman–Crippen LogP) is 3.53. The lowest BCUT2D eigenvalue weighted by molar-refractivity contribution is -0.142. The van der Waals surface area contributed by atoms with E-state index in [0.717, 1.165) is 17.5 Å². The van der Waals surface area contributed by atoms with E-state index in [1.807, 2.05) is 39.8 Å². The number of carbonyl (C=O) groups excluding carboxylic acids is 3. The van der Waals surface area contributed by atoms with Crippen molar-refractivity contribution >= 4 is 17.9 Å². The van der Waals surface area contributed by atoms with Crippen molar-refractivity contribution in [3.05, 3.63) is 35.4 Å². The van der Waals surface area contributed by atoms with E-state index in [1.54, 1.807) is 32.9 Å². The average molecular weight is 500 g/mol. The fraction of sp³-hybridized carbons (Fsp3) is 0.607. The van der Waals surface area contributed by atoms with Crippen LogP contribution in [0.4, 0.5) is 4.79 Å². The number of ether oxygens (including phenoxy) is 1. The number of likely N-dealkylation sites (tertiary alicyclic amines) is 1. The molecule has 0 spiro atoms. The molecule has 1 aliphatic rings. The van der Waals surface area contributed by atoms with Crippen LogP contribution < -0.4 is 10.6 Å². The van der Waals surface area contributed by atoms with Crippen molar-refractivity contribution in [3.63, 3.8) is 0 Å². The Morgan fingerprint density at radius 1 is 1.17 bits per heavy atom. The number of nitrogens with one attached hydrogen (secondary N) is 2. The fourth-order valence-electron chi connectivity index (χ4n) is 4.54. The van der Waals surface area contributed by atoms with Gasteiger partial charge in [0.05, 0.1) is 12.1 Å². The van der Waals surface area contributed by atoms with Gasteiger partial charge in [0.2, 0.25) is 11.8 Å². The number of nitrogens with zero attached hydrogens (tertiary/aromatic N) is 1. The molecule has 1 unspecified atom stereocenters. The molecule has 1 aliphatic heterocycles. The topological polar surface area (TPSA) is 108 Å². The monoisotopic (exact) mass is 499 g/mol. The van der Waals surface area contributed by atoms with Crippen molar-refractivity contribution in [2.75, 3.05) is 6.54 Å².